The molecule has 0 bridgehead atoms. The second-order valence-electron chi connectivity index (χ2n) is 5.65. The fraction of sp³-hybridized carbons (Fsp3) is 0.0500. The first-order valence-corrected chi connectivity index (χ1v) is 11.1. The van der Waals surface area contributed by atoms with Crippen molar-refractivity contribution >= 4 is 48.1 Å². The Morgan fingerprint density at radius 3 is 1.50 bits per heavy atom. The molecule has 2 nitrogen and oxygen atoms in total. The van der Waals surface area contributed by atoms with Gasteiger partial charge in [-0.25, -0.2) is 4.79 Å². The lowest BCUT2D eigenvalue weighted by Crippen LogP contribution is -2.27. The number of carbonyl (C=O) groups is 1. The van der Waals surface area contributed by atoms with Crippen molar-refractivity contribution in [3.8, 4) is 0 Å². The molecule has 28 heavy (non-hydrogen) atoms. The van der Waals surface area contributed by atoms with Gasteiger partial charge in [-0.3, -0.25) is 0 Å². The number of benzene rings is 3. The third kappa shape index (κ3) is 4.29. The summed E-state index contributed by atoms with van der Waals surface area (Å²) < 4.78 is 46.4. The van der Waals surface area contributed by atoms with E-state index in [-0.39, 0.29) is 0 Å². The van der Waals surface area contributed by atoms with Crippen LogP contribution < -0.4 is 0 Å². The molecule has 3 aromatic rings. The summed E-state index contributed by atoms with van der Waals surface area (Å²) in [6, 6.07) is 22.0. The zero-order valence-corrected chi connectivity index (χ0v) is 18.1. The molecule has 3 rings (SSSR count). The van der Waals surface area contributed by atoms with Crippen LogP contribution in [0.4, 0.5) is 13.2 Å². The fourth-order valence-electron chi connectivity index (χ4n) is 2.58. The molecule has 0 fully saturated rings. The predicted octanol–water partition coefficient (Wildman–Crippen LogP) is 7.51. The zero-order valence-electron chi connectivity index (χ0n) is 14.1. The van der Waals surface area contributed by atoms with Crippen LogP contribution in [0.15, 0.2) is 102 Å². The normalized spacial score (nSPS) is 12.5. The summed E-state index contributed by atoms with van der Waals surface area (Å²) in [5.74, 6) is -2.22. The molecule has 0 aliphatic carbocycles. The van der Waals surface area contributed by atoms with E-state index in [0.29, 0.717) is 14.7 Å². The monoisotopic (exact) mass is 532 g/mol. The molecule has 0 aliphatic rings. The molecule has 0 heterocycles. The highest BCUT2D eigenvalue weighted by Crippen LogP contribution is 2.69. The molecule has 0 spiro atoms. The smallest absolute Gasteiger partial charge is 0.395 e. The molecule has 0 N–H and O–H groups in total. The summed E-state index contributed by atoms with van der Waals surface area (Å²) in [5, 5.41) is 0. The highest BCUT2D eigenvalue weighted by atomic mass is 79.9. The largest absolute Gasteiger partial charge is 0.491 e. The molecule has 0 saturated heterocycles. The van der Waals surface area contributed by atoms with Gasteiger partial charge in [0, 0.05) is 23.6 Å². The summed E-state index contributed by atoms with van der Waals surface area (Å²) >= 11 is 6.66. The molecule has 146 valence electrons. The van der Waals surface area contributed by atoms with Crippen LogP contribution in [0.5, 0.6) is 0 Å². The van der Waals surface area contributed by atoms with Crippen LogP contribution in [0, 0.1) is 0 Å². The first kappa shape index (κ1) is 21.0. The Balaban J connectivity index is 2.32. The summed E-state index contributed by atoms with van der Waals surface area (Å²) in [4.78, 5) is 13.4. The van der Waals surface area contributed by atoms with Crippen molar-refractivity contribution < 1.29 is 22.1 Å². The maximum Gasteiger partial charge on any atom is 0.491 e. The number of halogens is 5. The first-order valence-electron chi connectivity index (χ1n) is 7.94. The van der Waals surface area contributed by atoms with Crippen LogP contribution in [0.2, 0.25) is 0 Å². The zero-order chi connectivity index (χ0) is 20.4. The van der Waals surface area contributed by atoms with Gasteiger partial charge in [0.25, 0.3) is 0 Å². The van der Waals surface area contributed by atoms with Crippen molar-refractivity contribution in [3.63, 3.8) is 0 Å². The van der Waals surface area contributed by atoms with Gasteiger partial charge in [0.2, 0.25) is 0 Å². The number of hydrogen-bond acceptors (Lipinski definition) is 2. The molecule has 3 aromatic carbocycles. The summed E-state index contributed by atoms with van der Waals surface area (Å²) in [5.41, 5.74) is 0. The second kappa shape index (κ2) is 8.31. The van der Waals surface area contributed by atoms with Crippen molar-refractivity contribution in [1.29, 1.82) is 0 Å². The van der Waals surface area contributed by atoms with E-state index in [1.165, 1.54) is 0 Å². The van der Waals surface area contributed by atoms with Crippen molar-refractivity contribution in [3.05, 3.63) is 87.8 Å². The molecule has 0 amide bonds. The molecule has 0 radical (unpaired) electrons. The molecular formula is C20H13Br2F3O2S. The fourth-order valence-corrected chi connectivity index (χ4v) is 6.11. The average Bonchev–Trinajstić information content (AvgIpc) is 2.67. The first-order chi connectivity index (χ1) is 13.2. The predicted molar refractivity (Wildman–Crippen MR) is 109 cm³/mol. The van der Waals surface area contributed by atoms with E-state index in [0.717, 1.165) is 8.95 Å². The molecule has 0 atom stereocenters. The van der Waals surface area contributed by atoms with Gasteiger partial charge < -0.3 is 4.18 Å². The second-order valence-corrected chi connectivity index (χ2v) is 10.2. The summed E-state index contributed by atoms with van der Waals surface area (Å²) in [6.07, 6.45) is -5.11. The van der Waals surface area contributed by atoms with Gasteiger partial charge >= 0.3 is 12.1 Å². The number of alkyl halides is 3. The lowest BCUT2D eigenvalue weighted by atomic mass is 10.4. The number of carbonyl (C=O) groups excluding carboxylic acids is 1. The van der Waals surface area contributed by atoms with E-state index >= 15 is 0 Å². The van der Waals surface area contributed by atoms with E-state index in [2.05, 4.69) is 31.9 Å². The van der Waals surface area contributed by atoms with Crippen molar-refractivity contribution in [2.24, 2.45) is 0 Å². The Labute approximate surface area is 178 Å². The van der Waals surface area contributed by atoms with E-state index in [1.807, 2.05) is 0 Å². The third-order valence-corrected chi connectivity index (χ3v) is 8.07. The van der Waals surface area contributed by atoms with Crippen LogP contribution in [-0.4, -0.2) is 12.1 Å². The van der Waals surface area contributed by atoms with E-state index < -0.39 is 22.5 Å². The molecule has 0 aromatic heterocycles. The Morgan fingerprint density at radius 1 is 0.714 bits per heavy atom. The Hall–Kier alpha value is -1.77. The molecule has 0 aliphatic heterocycles. The van der Waals surface area contributed by atoms with Crippen molar-refractivity contribution in [1.82, 2.24) is 0 Å². The van der Waals surface area contributed by atoms with Gasteiger partial charge in [0.1, 0.15) is 0 Å². The van der Waals surface area contributed by atoms with Gasteiger partial charge in [-0.2, -0.15) is 13.2 Å². The Morgan fingerprint density at radius 2 is 1.11 bits per heavy atom. The summed E-state index contributed by atoms with van der Waals surface area (Å²) in [7, 11) is -2.96. The number of rotatable bonds is 4. The Kier molecular flexibility index (Phi) is 6.21. The van der Waals surface area contributed by atoms with E-state index in [9.17, 15) is 18.0 Å². The van der Waals surface area contributed by atoms with E-state index in [4.69, 9.17) is 4.18 Å². The van der Waals surface area contributed by atoms with Crippen LogP contribution in [0.1, 0.15) is 0 Å². The van der Waals surface area contributed by atoms with Crippen LogP contribution in [0.25, 0.3) is 0 Å². The lowest BCUT2D eigenvalue weighted by Gasteiger charge is -2.39. The standard InChI is InChI=1S/C20H13Br2F3O2S/c21-14-6-10-17(11-7-14)28(16-4-2-1-3-5-16,27-19(26)20(23,24)25)18-12-8-15(22)9-13-18/h1-13H. The maximum atomic E-state index is 13.2. The van der Waals surface area contributed by atoms with Crippen LogP contribution >= 0.6 is 42.2 Å². The quantitative estimate of drug-likeness (QED) is 0.347. The summed E-state index contributed by atoms with van der Waals surface area (Å²) in [6.45, 7) is 0. The maximum absolute atomic E-state index is 13.2. The van der Waals surface area contributed by atoms with Crippen molar-refractivity contribution in [2.75, 3.05) is 0 Å². The van der Waals surface area contributed by atoms with Gasteiger partial charge in [0.15, 0.2) is 0 Å². The minimum atomic E-state index is -5.11. The third-order valence-electron chi connectivity index (χ3n) is 3.80. The average molecular weight is 534 g/mol. The highest BCUT2D eigenvalue weighted by molar-refractivity contribution is 9.10. The molecule has 0 saturated carbocycles. The Bertz CT molecular complexity index is 914. The molecule has 8 heteroatoms. The minimum absolute atomic E-state index is 0.474. The van der Waals surface area contributed by atoms with Gasteiger partial charge in [-0.15, -0.1) is 0 Å². The topological polar surface area (TPSA) is 26.3 Å². The lowest BCUT2D eigenvalue weighted by molar-refractivity contribution is -0.188. The van der Waals surface area contributed by atoms with E-state index in [1.54, 1.807) is 78.9 Å². The van der Waals surface area contributed by atoms with Gasteiger partial charge in [0.05, 0.1) is 0 Å². The van der Waals surface area contributed by atoms with Crippen molar-refractivity contribution in [2.45, 2.75) is 20.9 Å². The highest BCUT2D eigenvalue weighted by Gasteiger charge is 2.47. The minimum Gasteiger partial charge on any atom is -0.395 e. The van der Waals surface area contributed by atoms with Crippen LogP contribution in [-0.2, 0) is 8.98 Å². The van der Waals surface area contributed by atoms with Gasteiger partial charge in [-0.1, -0.05) is 50.1 Å². The van der Waals surface area contributed by atoms with Crippen LogP contribution in [0.3, 0.4) is 0 Å². The van der Waals surface area contributed by atoms with Gasteiger partial charge in [-0.05, 0) is 71.0 Å². The number of hydrogen-bond donors (Lipinski definition) is 0. The molecular weight excluding hydrogens is 521 g/mol. The SMILES string of the molecule is O=C(OS(c1ccccc1)(c1ccc(Br)cc1)c1ccc(Br)cc1)C(F)(F)F. The molecule has 0 unspecified atom stereocenters.